The summed E-state index contributed by atoms with van der Waals surface area (Å²) in [4.78, 5) is 24.0. The number of aromatic amines is 1. The van der Waals surface area contributed by atoms with Gasteiger partial charge in [0.25, 0.3) is 5.56 Å². The van der Waals surface area contributed by atoms with E-state index in [-0.39, 0.29) is 22.7 Å². The van der Waals surface area contributed by atoms with Crippen molar-refractivity contribution in [2.75, 3.05) is 0 Å². The fourth-order valence-electron chi connectivity index (χ4n) is 3.33. The lowest BCUT2D eigenvalue weighted by Crippen LogP contribution is -2.22. The van der Waals surface area contributed by atoms with Crippen LogP contribution in [-0.4, -0.2) is 16.0 Å². The van der Waals surface area contributed by atoms with Crippen molar-refractivity contribution in [1.82, 2.24) is 10.2 Å². The summed E-state index contributed by atoms with van der Waals surface area (Å²) in [7, 11) is 0. The molecule has 0 radical (unpaired) electrons. The fraction of sp³-hybridized carbons (Fsp3) is 0.450. The summed E-state index contributed by atoms with van der Waals surface area (Å²) in [6.07, 6.45) is 3.06. The summed E-state index contributed by atoms with van der Waals surface area (Å²) in [6.45, 7) is 6.50. The quantitative estimate of drug-likeness (QED) is 0.880. The predicted octanol–water partition coefficient (Wildman–Crippen LogP) is 3.45. The molecule has 1 aliphatic carbocycles. The first kappa shape index (κ1) is 16.6. The number of Topliss-reactive ketones (excluding diaryl/α,β-unsaturated/α-hetero) is 1. The second-order valence-electron chi connectivity index (χ2n) is 7.77. The maximum absolute atomic E-state index is 12.6. The summed E-state index contributed by atoms with van der Waals surface area (Å²) >= 11 is 0. The van der Waals surface area contributed by atoms with E-state index in [0.29, 0.717) is 6.42 Å². The van der Waals surface area contributed by atoms with Gasteiger partial charge < -0.3 is 0 Å². The van der Waals surface area contributed by atoms with Crippen LogP contribution < -0.4 is 5.56 Å². The van der Waals surface area contributed by atoms with Crippen molar-refractivity contribution >= 4 is 5.78 Å². The Hall–Kier alpha value is -2.23. The third-order valence-electron chi connectivity index (χ3n) is 4.82. The van der Waals surface area contributed by atoms with Gasteiger partial charge in [0, 0.05) is 18.1 Å². The molecule has 0 amide bonds. The number of fused-ring (bicyclic) bond motifs is 1. The Morgan fingerprint density at radius 1 is 1.25 bits per heavy atom. The number of hydrogen-bond donors (Lipinski definition) is 1. The molecule has 0 spiro atoms. The summed E-state index contributed by atoms with van der Waals surface area (Å²) < 4.78 is 0. The highest BCUT2D eigenvalue weighted by atomic mass is 16.1. The molecule has 0 bridgehead atoms. The van der Waals surface area contributed by atoms with E-state index < -0.39 is 0 Å². The van der Waals surface area contributed by atoms with Gasteiger partial charge in [0.15, 0.2) is 5.78 Å². The van der Waals surface area contributed by atoms with Gasteiger partial charge in [-0.05, 0) is 41.7 Å². The summed E-state index contributed by atoms with van der Waals surface area (Å²) in [5.41, 5.74) is 3.89. The van der Waals surface area contributed by atoms with Crippen molar-refractivity contribution < 1.29 is 4.79 Å². The number of aryl methyl sites for hydroxylation is 1. The van der Waals surface area contributed by atoms with Crippen LogP contribution in [0.3, 0.4) is 0 Å². The molecule has 0 saturated carbocycles. The van der Waals surface area contributed by atoms with E-state index in [1.165, 1.54) is 5.56 Å². The molecule has 4 heteroatoms. The fourth-order valence-corrected chi connectivity index (χ4v) is 3.33. The summed E-state index contributed by atoms with van der Waals surface area (Å²) in [5, 5.41) is 6.59. The largest absolute Gasteiger partial charge is 0.294 e. The van der Waals surface area contributed by atoms with Gasteiger partial charge in [-0.15, -0.1) is 0 Å². The van der Waals surface area contributed by atoms with Crippen LogP contribution in [0, 0.1) is 5.92 Å². The van der Waals surface area contributed by atoms with Gasteiger partial charge in [-0.2, -0.15) is 5.10 Å². The lowest BCUT2D eigenvalue weighted by atomic mass is 9.82. The molecule has 0 saturated heterocycles. The van der Waals surface area contributed by atoms with Crippen LogP contribution >= 0.6 is 0 Å². The zero-order chi connectivity index (χ0) is 17.3. The lowest BCUT2D eigenvalue weighted by molar-refractivity contribution is 0.0957. The summed E-state index contributed by atoms with van der Waals surface area (Å²) in [6, 6.07) is 9.59. The normalized spacial score (nSPS) is 17.4. The van der Waals surface area contributed by atoms with Gasteiger partial charge in [-0.25, -0.2) is 5.10 Å². The van der Waals surface area contributed by atoms with Crippen molar-refractivity contribution in [2.24, 2.45) is 5.92 Å². The van der Waals surface area contributed by atoms with Crippen LogP contribution in [0.2, 0.25) is 0 Å². The van der Waals surface area contributed by atoms with Gasteiger partial charge in [0.05, 0.1) is 5.69 Å². The predicted molar refractivity (Wildman–Crippen MR) is 94.5 cm³/mol. The zero-order valence-corrected chi connectivity index (χ0v) is 14.6. The van der Waals surface area contributed by atoms with Crippen molar-refractivity contribution in [3.63, 3.8) is 0 Å². The number of carbonyl (C=O) groups excluding carboxylic acids is 1. The van der Waals surface area contributed by atoms with E-state index >= 15 is 0 Å². The first-order chi connectivity index (χ1) is 11.3. The van der Waals surface area contributed by atoms with Crippen LogP contribution in [0.4, 0.5) is 0 Å². The van der Waals surface area contributed by atoms with Crippen molar-refractivity contribution in [2.45, 2.75) is 51.9 Å². The van der Waals surface area contributed by atoms with E-state index in [4.69, 9.17) is 0 Å². The number of ketones is 1. The van der Waals surface area contributed by atoms with Gasteiger partial charge in [-0.3, -0.25) is 9.59 Å². The lowest BCUT2D eigenvalue weighted by Gasteiger charge is -2.23. The molecule has 1 N–H and O–H groups in total. The van der Waals surface area contributed by atoms with Gasteiger partial charge in [-0.1, -0.05) is 45.0 Å². The first-order valence-corrected chi connectivity index (χ1v) is 8.54. The average Bonchev–Trinajstić information content (AvgIpc) is 2.53. The Morgan fingerprint density at radius 2 is 1.96 bits per heavy atom. The highest BCUT2D eigenvalue weighted by Gasteiger charge is 2.23. The maximum atomic E-state index is 12.6. The number of nitrogens with zero attached hydrogens (tertiary/aromatic N) is 1. The van der Waals surface area contributed by atoms with Crippen molar-refractivity contribution in [1.29, 1.82) is 0 Å². The third-order valence-corrected chi connectivity index (χ3v) is 4.82. The highest BCUT2D eigenvalue weighted by molar-refractivity contribution is 5.96. The number of H-pyrrole nitrogens is 1. The number of nitrogens with one attached hydrogen (secondary N) is 1. The molecule has 126 valence electrons. The maximum Gasteiger partial charge on any atom is 0.264 e. The minimum atomic E-state index is -0.168. The Bertz CT molecular complexity index is 798. The topological polar surface area (TPSA) is 62.8 Å². The van der Waals surface area contributed by atoms with Crippen molar-refractivity contribution in [3.8, 4) is 0 Å². The van der Waals surface area contributed by atoms with E-state index in [9.17, 15) is 9.59 Å². The molecule has 2 aromatic rings. The van der Waals surface area contributed by atoms with E-state index in [1.54, 1.807) is 6.07 Å². The summed E-state index contributed by atoms with van der Waals surface area (Å²) in [5.74, 6) is 0.470. The minimum absolute atomic E-state index is 0.0920. The molecular formula is C20H24N2O2. The Balaban J connectivity index is 1.68. The van der Waals surface area contributed by atoms with E-state index in [2.05, 4.69) is 31.0 Å². The second-order valence-corrected chi connectivity index (χ2v) is 7.77. The molecule has 1 heterocycles. The smallest absolute Gasteiger partial charge is 0.264 e. The number of rotatable bonds is 3. The van der Waals surface area contributed by atoms with Crippen molar-refractivity contribution in [3.05, 3.63) is 63.1 Å². The number of hydrogen-bond acceptors (Lipinski definition) is 3. The molecule has 1 aliphatic rings. The number of carbonyl (C=O) groups is 1. The first-order valence-electron chi connectivity index (χ1n) is 8.54. The van der Waals surface area contributed by atoms with Crippen LogP contribution in [0.5, 0.6) is 0 Å². The van der Waals surface area contributed by atoms with Gasteiger partial charge in [0.2, 0.25) is 0 Å². The molecular weight excluding hydrogens is 300 g/mol. The molecule has 1 atom stereocenters. The number of benzene rings is 1. The van der Waals surface area contributed by atoms with Crippen LogP contribution in [-0.2, 0) is 18.3 Å². The Labute approximate surface area is 142 Å². The molecule has 24 heavy (non-hydrogen) atoms. The molecule has 0 fully saturated rings. The monoisotopic (exact) mass is 324 g/mol. The second kappa shape index (κ2) is 6.34. The van der Waals surface area contributed by atoms with E-state index in [1.807, 2.05) is 24.3 Å². The van der Waals surface area contributed by atoms with Crippen LogP contribution in [0.25, 0.3) is 0 Å². The molecule has 1 aromatic carbocycles. The zero-order valence-electron chi connectivity index (χ0n) is 14.6. The highest BCUT2D eigenvalue weighted by Crippen LogP contribution is 2.27. The molecule has 1 unspecified atom stereocenters. The van der Waals surface area contributed by atoms with Crippen LogP contribution in [0.15, 0.2) is 35.1 Å². The Kier molecular flexibility index (Phi) is 4.39. The van der Waals surface area contributed by atoms with E-state index in [0.717, 1.165) is 36.1 Å². The van der Waals surface area contributed by atoms with Gasteiger partial charge in [0.1, 0.15) is 0 Å². The third kappa shape index (κ3) is 3.64. The molecule has 0 aliphatic heterocycles. The SMILES string of the molecule is CC(C)(C)c1ccc(C(=O)CC2CCc3n[nH]c(=O)cc3C2)cc1. The Morgan fingerprint density at radius 3 is 2.62 bits per heavy atom. The standard InChI is InChI=1S/C20H24N2O2/c1-20(2,3)16-7-5-14(6-8-16)18(23)11-13-4-9-17-15(10-13)12-19(24)22-21-17/h5-8,12-13H,4,9-11H2,1-3H3,(H,22,24). The molecule has 4 nitrogen and oxygen atoms in total. The van der Waals surface area contributed by atoms with Gasteiger partial charge >= 0.3 is 0 Å². The van der Waals surface area contributed by atoms with Crippen LogP contribution in [0.1, 0.15) is 60.8 Å². The average molecular weight is 324 g/mol. The molecule has 1 aromatic heterocycles. The number of aromatic nitrogens is 2. The molecule has 3 rings (SSSR count). The minimum Gasteiger partial charge on any atom is -0.294 e.